The summed E-state index contributed by atoms with van der Waals surface area (Å²) in [6.45, 7) is 5.66. The van der Waals surface area contributed by atoms with Crippen LogP contribution in [0, 0.1) is 0 Å². The van der Waals surface area contributed by atoms with Gasteiger partial charge in [0.05, 0.1) is 13.2 Å². The molecular weight excluding hydrogens is 318 g/mol. The zero-order chi connectivity index (χ0) is 17.7. The van der Waals surface area contributed by atoms with Crippen LogP contribution in [-0.2, 0) is 16.0 Å². The van der Waals surface area contributed by atoms with E-state index in [1.54, 1.807) is 7.11 Å². The van der Waals surface area contributed by atoms with Crippen molar-refractivity contribution in [1.82, 2.24) is 0 Å². The highest BCUT2D eigenvalue weighted by molar-refractivity contribution is 5.47. The predicted molar refractivity (Wildman–Crippen MR) is 99.6 cm³/mol. The van der Waals surface area contributed by atoms with Crippen LogP contribution in [0.3, 0.4) is 0 Å². The molecule has 0 unspecified atom stereocenters. The third-order valence-electron chi connectivity index (χ3n) is 3.56. The molecule has 5 heteroatoms. The first-order valence-corrected chi connectivity index (χ1v) is 8.57. The van der Waals surface area contributed by atoms with Gasteiger partial charge in [0.2, 0.25) is 0 Å². The average molecular weight is 345 g/mol. The molecule has 25 heavy (non-hydrogen) atoms. The average Bonchev–Trinajstić information content (AvgIpc) is 2.66. The second kappa shape index (κ2) is 11.3. The van der Waals surface area contributed by atoms with Crippen LogP contribution in [0.4, 0.5) is 5.69 Å². The number of ether oxygens (including phenoxy) is 4. The maximum absolute atomic E-state index is 5.75. The molecule has 0 atom stereocenters. The van der Waals surface area contributed by atoms with Gasteiger partial charge in [-0.05, 0) is 37.3 Å². The van der Waals surface area contributed by atoms with Crippen molar-refractivity contribution >= 4 is 5.69 Å². The SMILES string of the molecule is CCOCCOc1ccc(NCc2ccccc2OCCOC)cc1. The molecular formula is C20H27NO4. The number of anilines is 1. The number of hydrogen-bond acceptors (Lipinski definition) is 5. The maximum Gasteiger partial charge on any atom is 0.124 e. The molecule has 0 bridgehead atoms. The van der Waals surface area contributed by atoms with Gasteiger partial charge in [-0.15, -0.1) is 0 Å². The van der Waals surface area contributed by atoms with Gasteiger partial charge < -0.3 is 24.3 Å². The van der Waals surface area contributed by atoms with Gasteiger partial charge in [0.15, 0.2) is 0 Å². The minimum Gasteiger partial charge on any atom is -0.491 e. The molecule has 5 nitrogen and oxygen atoms in total. The van der Waals surface area contributed by atoms with Crippen LogP contribution in [0.5, 0.6) is 11.5 Å². The fraction of sp³-hybridized carbons (Fsp3) is 0.400. The highest BCUT2D eigenvalue weighted by Gasteiger charge is 2.03. The monoisotopic (exact) mass is 345 g/mol. The van der Waals surface area contributed by atoms with Crippen LogP contribution in [-0.4, -0.2) is 40.1 Å². The summed E-state index contributed by atoms with van der Waals surface area (Å²) in [5, 5.41) is 3.40. The van der Waals surface area contributed by atoms with E-state index in [4.69, 9.17) is 18.9 Å². The molecule has 0 aliphatic rings. The van der Waals surface area contributed by atoms with Gasteiger partial charge >= 0.3 is 0 Å². The molecule has 1 N–H and O–H groups in total. The smallest absolute Gasteiger partial charge is 0.124 e. The number of methoxy groups -OCH3 is 1. The van der Waals surface area contributed by atoms with Crippen molar-refractivity contribution in [1.29, 1.82) is 0 Å². The van der Waals surface area contributed by atoms with Crippen molar-refractivity contribution in [2.24, 2.45) is 0 Å². The Bertz CT molecular complexity index is 601. The maximum atomic E-state index is 5.75. The zero-order valence-corrected chi connectivity index (χ0v) is 15.0. The van der Waals surface area contributed by atoms with Crippen molar-refractivity contribution in [3.63, 3.8) is 0 Å². The molecule has 136 valence electrons. The van der Waals surface area contributed by atoms with Gasteiger partial charge in [0.25, 0.3) is 0 Å². The Hall–Kier alpha value is -2.24. The normalized spacial score (nSPS) is 10.5. The van der Waals surface area contributed by atoms with E-state index in [0.717, 1.165) is 22.7 Å². The minimum absolute atomic E-state index is 0.543. The van der Waals surface area contributed by atoms with E-state index >= 15 is 0 Å². The summed E-state index contributed by atoms with van der Waals surface area (Å²) in [7, 11) is 1.67. The topological polar surface area (TPSA) is 49.0 Å². The Morgan fingerprint density at radius 3 is 2.36 bits per heavy atom. The first-order valence-electron chi connectivity index (χ1n) is 8.57. The Morgan fingerprint density at radius 2 is 1.60 bits per heavy atom. The number of rotatable bonds is 12. The minimum atomic E-state index is 0.543. The summed E-state index contributed by atoms with van der Waals surface area (Å²) in [5.74, 6) is 1.72. The predicted octanol–water partition coefficient (Wildman–Crippen LogP) is 3.74. The van der Waals surface area contributed by atoms with Gasteiger partial charge in [-0.2, -0.15) is 0 Å². The molecule has 0 spiro atoms. The van der Waals surface area contributed by atoms with Crippen LogP contribution >= 0.6 is 0 Å². The van der Waals surface area contributed by atoms with Crippen LogP contribution in [0.15, 0.2) is 48.5 Å². The van der Waals surface area contributed by atoms with Gasteiger partial charge in [-0.3, -0.25) is 0 Å². The van der Waals surface area contributed by atoms with Crippen molar-refractivity contribution in [2.75, 3.05) is 45.5 Å². The first kappa shape index (κ1) is 19.1. The van der Waals surface area contributed by atoms with Crippen LogP contribution in [0.1, 0.15) is 12.5 Å². The van der Waals surface area contributed by atoms with Crippen LogP contribution < -0.4 is 14.8 Å². The molecule has 2 aromatic rings. The van der Waals surface area contributed by atoms with E-state index in [0.29, 0.717) is 39.6 Å². The van der Waals surface area contributed by atoms with Gasteiger partial charge in [0.1, 0.15) is 24.7 Å². The molecule has 0 saturated heterocycles. The molecule has 2 rings (SSSR count). The lowest BCUT2D eigenvalue weighted by molar-refractivity contribution is 0.110. The summed E-state index contributed by atoms with van der Waals surface area (Å²) in [6.07, 6.45) is 0. The summed E-state index contributed by atoms with van der Waals surface area (Å²) in [4.78, 5) is 0. The number of hydrogen-bond donors (Lipinski definition) is 1. The van der Waals surface area contributed by atoms with Gasteiger partial charge in [0, 0.05) is 31.5 Å². The van der Waals surface area contributed by atoms with E-state index in [1.807, 2.05) is 49.4 Å². The van der Waals surface area contributed by atoms with E-state index in [2.05, 4.69) is 11.4 Å². The Balaban J connectivity index is 1.82. The standard InChI is InChI=1S/C20H27NO4/c1-3-23-13-15-24-19-10-8-18(9-11-19)21-16-17-6-4-5-7-20(17)25-14-12-22-2/h4-11,21H,3,12-16H2,1-2H3. The van der Waals surface area contributed by atoms with E-state index in [9.17, 15) is 0 Å². The summed E-state index contributed by atoms with van der Waals surface area (Å²) >= 11 is 0. The van der Waals surface area contributed by atoms with Crippen molar-refractivity contribution in [3.05, 3.63) is 54.1 Å². The molecule has 0 heterocycles. The fourth-order valence-corrected chi connectivity index (χ4v) is 2.25. The van der Waals surface area contributed by atoms with E-state index in [-0.39, 0.29) is 0 Å². The van der Waals surface area contributed by atoms with Gasteiger partial charge in [-0.1, -0.05) is 18.2 Å². The highest BCUT2D eigenvalue weighted by Crippen LogP contribution is 2.21. The molecule has 2 aromatic carbocycles. The molecule has 0 fully saturated rings. The number of benzene rings is 2. The van der Waals surface area contributed by atoms with Crippen molar-refractivity contribution in [3.8, 4) is 11.5 Å². The summed E-state index contributed by atoms with van der Waals surface area (Å²) in [6, 6.07) is 15.9. The lowest BCUT2D eigenvalue weighted by Gasteiger charge is -2.13. The lowest BCUT2D eigenvalue weighted by Crippen LogP contribution is -2.08. The van der Waals surface area contributed by atoms with Crippen molar-refractivity contribution in [2.45, 2.75) is 13.5 Å². The summed E-state index contributed by atoms with van der Waals surface area (Å²) < 4.78 is 21.6. The molecule has 0 saturated carbocycles. The molecule has 0 aliphatic carbocycles. The Labute approximate surface area is 149 Å². The Morgan fingerprint density at radius 1 is 0.840 bits per heavy atom. The lowest BCUT2D eigenvalue weighted by atomic mass is 10.2. The van der Waals surface area contributed by atoms with Crippen LogP contribution in [0.2, 0.25) is 0 Å². The molecule has 0 amide bonds. The third-order valence-corrected chi connectivity index (χ3v) is 3.56. The van der Waals surface area contributed by atoms with Crippen molar-refractivity contribution < 1.29 is 18.9 Å². The molecule has 0 radical (unpaired) electrons. The second-order valence-corrected chi connectivity index (χ2v) is 5.37. The van der Waals surface area contributed by atoms with Crippen LogP contribution in [0.25, 0.3) is 0 Å². The molecule has 0 aromatic heterocycles. The first-order chi connectivity index (χ1) is 12.3. The molecule has 0 aliphatic heterocycles. The number of nitrogens with one attached hydrogen (secondary N) is 1. The fourth-order valence-electron chi connectivity index (χ4n) is 2.25. The Kier molecular flexibility index (Phi) is 8.66. The van der Waals surface area contributed by atoms with E-state index < -0.39 is 0 Å². The third kappa shape index (κ3) is 7.03. The second-order valence-electron chi connectivity index (χ2n) is 5.37. The largest absolute Gasteiger partial charge is 0.491 e. The summed E-state index contributed by atoms with van der Waals surface area (Å²) in [5.41, 5.74) is 2.14. The van der Waals surface area contributed by atoms with E-state index in [1.165, 1.54) is 0 Å². The number of para-hydroxylation sites is 1. The van der Waals surface area contributed by atoms with Gasteiger partial charge in [-0.25, -0.2) is 0 Å². The highest BCUT2D eigenvalue weighted by atomic mass is 16.5. The zero-order valence-electron chi connectivity index (χ0n) is 15.0. The quantitative estimate of drug-likeness (QED) is 0.594.